The zero-order valence-electron chi connectivity index (χ0n) is 15.3. The van der Waals surface area contributed by atoms with E-state index in [4.69, 9.17) is 14.9 Å². The number of hydrogen-bond acceptors (Lipinski definition) is 4. The fraction of sp³-hybridized carbons (Fsp3) is 0.600. The van der Waals surface area contributed by atoms with Gasteiger partial charge in [-0.15, -0.1) is 11.8 Å². The maximum absolute atomic E-state index is 10.5. The fourth-order valence-corrected chi connectivity index (χ4v) is 3.55. The van der Waals surface area contributed by atoms with Gasteiger partial charge in [0.2, 0.25) is 0 Å². The Morgan fingerprint density at radius 1 is 0.808 bits per heavy atom. The van der Waals surface area contributed by atoms with E-state index in [2.05, 4.69) is 0 Å². The highest BCUT2D eigenvalue weighted by Gasteiger charge is 2.04. The molecule has 1 aromatic rings. The Balaban J connectivity index is 2.09. The summed E-state index contributed by atoms with van der Waals surface area (Å²) < 4.78 is 5.71. The minimum atomic E-state index is -0.793. The highest BCUT2D eigenvalue weighted by molar-refractivity contribution is 7.99. The van der Waals surface area contributed by atoms with Crippen molar-refractivity contribution in [2.45, 2.75) is 69.1 Å². The molecule has 0 spiro atoms. The van der Waals surface area contributed by atoms with Crippen LogP contribution in [0.4, 0.5) is 0 Å². The summed E-state index contributed by atoms with van der Waals surface area (Å²) in [5.74, 6) is 0.377. The number of carbonyl (C=O) groups is 2. The van der Waals surface area contributed by atoms with E-state index in [9.17, 15) is 9.59 Å². The van der Waals surface area contributed by atoms with Crippen LogP contribution in [-0.4, -0.2) is 34.5 Å². The van der Waals surface area contributed by atoms with Crippen molar-refractivity contribution < 1.29 is 24.5 Å². The lowest BCUT2D eigenvalue weighted by Crippen LogP contribution is -2.02. The maximum Gasteiger partial charge on any atom is 0.303 e. The maximum atomic E-state index is 10.5. The summed E-state index contributed by atoms with van der Waals surface area (Å²) in [5.41, 5.74) is 0. The summed E-state index contributed by atoms with van der Waals surface area (Å²) >= 11 is 1.78. The van der Waals surface area contributed by atoms with Crippen molar-refractivity contribution in [1.82, 2.24) is 0 Å². The Morgan fingerprint density at radius 2 is 1.38 bits per heavy atom. The van der Waals surface area contributed by atoms with Crippen molar-refractivity contribution in [2.24, 2.45) is 0 Å². The van der Waals surface area contributed by atoms with Gasteiger partial charge in [-0.2, -0.15) is 0 Å². The second-order valence-corrected chi connectivity index (χ2v) is 7.40. The molecule has 0 aliphatic heterocycles. The summed E-state index contributed by atoms with van der Waals surface area (Å²) in [6.07, 6.45) is 8.55. The van der Waals surface area contributed by atoms with E-state index in [1.165, 1.54) is 19.3 Å². The highest BCUT2D eigenvalue weighted by Crippen LogP contribution is 2.30. The molecule has 0 saturated carbocycles. The van der Waals surface area contributed by atoms with Gasteiger partial charge in [0.1, 0.15) is 5.75 Å². The van der Waals surface area contributed by atoms with Crippen LogP contribution in [-0.2, 0) is 9.59 Å². The van der Waals surface area contributed by atoms with Crippen LogP contribution in [0.5, 0.6) is 5.75 Å². The standard InChI is InChI=1S/C20H30O5S/c21-19(22)13-6-4-2-1-3-5-9-16-26-18-12-8-7-11-17(18)25-15-10-14-20(23)24/h7-8,11-12H,1-6,9-10,13-16H2,(H,21,22)(H,23,24). The van der Waals surface area contributed by atoms with E-state index in [1.54, 1.807) is 11.8 Å². The molecule has 0 saturated heterocycles. The summed E-state index contributed by atoms with van der Waals surface area (Å²) in [6.45, 7) is 0.422. The van der Waals surface area contributed by atoms with Crippen molar-refractivity contribution in [2.75, 3.05) is 12.4 Å². The highest BCUT2D eigenvalue weighted by atomic mass is 32.2. The van der Waals surface area contributed by atoms with Gasteiger partial charge in [0.25, 0.3) is 0 Å². The molecule has 2 N–H and O–H groups in total. The average molecular weight is 383 g/mol. The zero-order valence-corrected chi connectivity index (χ0v) is 16.1. The molecule has 1 aromatic carbocycles. The van der Waals surface area contributed by atoms with Crippen molar-refractivity contribution in [1.29, 1.82) is 0 Å². The van der Waals surface area contributed by atoms with E-state index in [0.29, 0.717) is 13.0 Å². The minimum Gasteiger partial charge on any atom is -0.492 e. The molecule has 0 heterocycles. The predicted molar refractivity (Wildman–Crippen MR) is 104 cm³/mol. The van der Waals surface area contributed by atoms with Gasteiger partial charge < -0.3 is 14.9 Å². The molecule has 5 nitrogen and oxygen atoms in total. The number of para-hydroxylation sites is 1. The number of unbranched alkanes of at least 4 members (excludes halogenated alkanes) is 6. The lowest BCUT2D eigenvalue weighted by molar-refractivity contribution is -0.138. The van der Waals surface area contributed by atoms with Crippen molar-refractivity contribution in [3.63, 3.8) is 0 Å². The smallest absolute Gasteiger partial charge is 0.303 e. The lowest BCUT2D eigenvalue weighted by atomic mass is 10.1. The van der Waals surface area contributed by atoms with Crippen LogP contribution in [0.25, 0.3) is 0 Å². The molecule has 1 rings (SSSR count). The number of ether oxygens (including phenoxy) is 1. The van der Waals surface area contributed by atoms with Crippen LogP contribution in [0.3, 0.4) is 0 Å². The number of benzene rings is 1. The summed E-state index contributed by atoms with van der Waals surface area (Å²) in [5, 5.41) is 17.2. The van der Waals surface area contributed by atoms with Gasteiger partial charge in [0.15, 0.2) is 0 Å². The Morgan fingerprint density at radius 3 is 2.08 bits per heavy atom. The Hall–Kier alpha value is -1.69. The largest absolute Gasteiger partial charge is 0.492 e. The lowest BCUT2D eigenvalue weighted by Gasteiger charge is -2.10. The molecule has 0 fully saturated rings. The van der Waals surface area contributed by atoms with Crippen LogP contribution in [0.2, 0.25) is 0 Å². The molecular weight excluding hydrogens is 352 g/mol. The molecule has 0 unspecified atom stereocenters. The molecule has 0 bridgehead atoms. The van der Waals surface area contributed by atoms with Gasteiger partial charge in [0, 0.05) is 17.7 Å². The van der Waals surface area contributed by atoms with Gasteiger partial charge in [0.05, 0.1) is 6.61 Å². The molecule has 0 aromatic heterocycles. The second kappa shape index (κ2) is 14.5. The minimum absolute atomic E-state index is 0.131. The van der Waals surface area contributed by atoms with Gasteiger partial charge in [-0.3, -0.25) is 9.59 Å². The first kappa shape index (κ1) is 22.4. The van der Waals surface area contributed by atoms with Crippen LogP contribution in [0.15, 0.2) is 29.2 Å². The topological polar surface area (TPSA) is 83.8 Å². The van der Waals surface area contributed by atoms with Crippen LogP contribution >= 0.6 is 11.8 Å². The van der Waals surface area contributed by atoms with Gasteiger partial charge in [-0.1, -0.05) is 44.2 Å². The van der Waals surface area contributed by atoms with E-state index in [1.807, 2.05) is 24.3 Å². The molecule has 6 heteroatoms. The molecule has 0 amide bonds. The summed E-state index contributed by atoms with van der Waals surface area (Å²) in [7, 11) is 0. The van der Waals surface area contributed by atoms with Crippen molar-refractivity contribution >= 4 is 23.7 Å². The van der Waals surface area contributed by atoms with E-state index in [0.717, 1.165) is 42.1 Å². The number of aliphatic carboxylic acids is 2. The zero-order chi connectivity index (χ0) is 19.0. The van der Waals surface area contributed by atoms with E-state index >= 15 is 0 Å². The number of hydrogen-bond donors (Lipinski definition) is 2. The second-order valence-electron chi connectivity index (χ2n) is 6.26. The normalized spacial score (nSPS) is 10.6. The summed E-state index contributed by atoms with van der Waals surface area (Å²) in [4.78, 5) is 22.0. The van der Waals surface area contributed by atoms with Crippen molar-refractivity contribution in [3.8, 4) is 5.75 Å². The fourth-order valence-electron chi connectivity index (χ4n) is 2.54. The third-order valence-corrected chi connectivity index (χ3v) is 5.08. The van der Waals surface area contributed by atoms with E-state index < -0.39 is 11.9 Å². The first-order chi connectivity index (χ1) is 12.6. The molecule has 26 heavy (non-hydrogen) atoms. The number of carboxylic acid groups (broad SMARTS) is 2. The van der Waals surface area contributed by atoms with Crippen molar-refractivity contribution in [3.05, 3.63) is 24.3 Å². The van der Waals surface area contributed by atoms with Crippen LogP contribution < -0.4 is 4.74 Å². The molecule has 146 valence electrons. The number of thioether (sulfide) groups is 1. The first-order valence-electron chi connectivity index (χ1n) is 9.38. The van der Waals surface area contributed by atoms with Crippen LogP contribution in [0, 0.1) is 0 Å². The number of carboxylic acids is 2. The third kappa shape index (κ3) is 11.8. The molecule has 0 radical (unpaired) electrons. The van der Waals surface area contributed by atoms with Gasteiger partial charge >= 0.3 is 11.9 Å². The SMILES string of the molecule is O=C(O)CCCCCCCCCSc1ccccc1OCCCC(=O)O. The Bertz CT molecular complexity index is 533. The Kier molecular flexibility index (Phi) is 12.4. The average Bonchev–Trinajstić information content (AvgIpc) is 2.61. The number of rotatable bonds is 16. The molecule has 0 aliphatic carbocycles. The predicted octanol–water partition coefficient (Wildman–Crippen LogP) is 5.23. The van der Waals surface area contributed by atoms with Gasteiger partial charge in [-0.05, 0) is 37.1 Å². The molecule has 0 aliphatic rings. The third-order valence-electron chi connectivity index (χ3n) is 3.93. The first-order valence-corrected chi connectivity index (χ1v) is 10.4. The molecule has 0 atom stereocenters. The quantitative estimate of drug-likeness (QED) is 0.301. The Labute approximate surface area is 160 Å². The monoisotopic (exact) mass is 382 g/mol. The van der Waals surface area contributed by atoms with Crippen LogP contribution in [0.1, 0.15) is 64.2 Å². The van der Waals surface area contributed by atoms with Gasteiger partial charge in [-0.25, -0.2) is 0 Å². The summed E-state index contributed by atoms with van der Waals surface area (Å²) in [6, 6.07) is 7.89. The molecular formula is C20H30O5S. The van der Waals surface area contributed by atoms with E-state index in [-0.39, 0.29) is 12.8 Å².